The van der Waals surface area contributed by atoms with E-state index in [1.54, 1.807) is 0 Å². The minimum Gasteiger partial charge on any atom is -0.496 e. The normalized spacial score (nSPS) is 10.6. The van der Waals surface area contributed by atoms with Crippen LogP contribution in [-0.2, 0) is 6.61 Å². The summed E-state index contributed by atoms with van der Waals surface area (Å²) in [7, 11) is 1.24. The summed E-state index contributed by atoms with van der Waals surface area (Å²) in [6, 6.07) is 0. The predicted octanol–water partition coefficient (Wildman–Crippen LogP) is 1.10. The number of halogens is 2. The number of nitrogens with two attached hydrogens (primary N) is 1. The van der Waals surface area contributed by atoms with E-state index < -0.39 is 18.6 Å². The highest BCUT2D eigenvalue weighted by molar-refractivity contribution is 5.52. The quantitative estimate of drug-likeness (QED) is 0.773. The van der Waals surface area contributed by atoms with Gasteiger partial charge in [0.2, 0.25) is 0 Å². The first kappa shape index (κ1) is 10.6. The highest BCUT2D eigenvalue weighted by atomic mass is 19.3. The van der Waals surface area contributed by atoms with Crippen LogP contribution in [0.5, 0.6) is 5.75 Å². The van der Waals surface area contributed by atoms with Gasteiger partial charge < -0.3 is 15.6 Å². The number of methoxy groups -OCH3 is 1. The van der Waals surface area contributed by atoms with Crippen LogP contribution in [0.15, 0.2) is 6.20 Å². The fourth-order valence-electron chi connectivity index (χ4n) is 1.13. The van der Waals surface area contributed by atoms with Crippen LogP contribution < -0.4 is 10.5 Å². The fourth-order valence-corrected chi connectivity index (χ4v) is 1.13. The molecule has 78 valence electrons. The van der Waals surface area contributed by atoms with Crippen LogP contribution in [0.2, 0.25) is 0 Å². The molecule has 0 bridgehead atoms. The van der Waals surface area contributed by atoms with Crippen molar-refractivity contribution in [3.05, 3.63) is 17.3 Å². The molecule has 0 aliphatic rings. The Hall–Kier alpha value is -1.43. The summed E-state index contributed by atoms with van der Waals surface area (Å²) in [4.78, 5) is 3.54. The van der Waals surface area contributed by atoms with Crippen LogP contribution in [-0.4, -0.2) is 17.2 Å². The maximum Gasteiger partial charge on any atom is 0.270 e. The number of aliphatic hydroxyl groups excluding tert-OH is 1. The number of hydrogen-bond acceptors (Lipinski definition) is 4. The lowest BCUT2D eigenvalue weighted by atomic mass is 10.1. The van der Waals surface area contributed by atoms with E-state index in [1.165, 1.54) is 13.3 Å². The zero-order valence-electron chi connectivity index (χ0n) is 7.50. The Morgan fingerprint density at radius 3 is 2.71 bits per heavy atom. The van der Waals surface area contributed by atoms with Crippen molar-refractivity contribution in [1.82, 2.24) is 4.98 Å². The molecule has 14 heavy (non-hydrogen) atoms. The fraction of sp³-hybridized carbons (Fsp3) is 0.375. The Labute approximate surface area is 79.3 Å². The molecule has 0 saturated heterocycles. The molecule has 0 radical (unpaired) electrons. The predicted molar refractivity (Wildman–Crippen MR) is 46.1 cm³/mol. The third-order valence-corrected chi connectivity index (χ3v) is 1.76. The van der Waals surface area contributed by atoms with E-state index in [2.05, 4.69) is 4.98 Å². The van der Waals surface area contributed by atoms with Gasteiger partial charge in [0.1, 0.15) is 17.1 Å². The minimum absolute atomic E-state index is 0.102. The van der Waals surface area contributed by atoms with E-state index in [4.69, 9.17) is 15.6 Å². The van der Waals surface area contributed by atoms with Gasteiger partial charge in [-0.3, -0.25) is 0 Å². The Balaban J connectivity index is 3.35. The molecule has 1 heterocycles. The number of alkyl halides is 2. The van der Waals surface area contributed by atoms with Gasteiger partial charge in [0.15, 0.2) is 0 Å². The Bertz CT molecular complexity index is 331. The minimum atomic E-state index is -2.77. The second kappa shape index (κ2) is 4.19. The summed E-state index contributed by atoms with van der Waals surface area (Å²) >= 11 is 0. The lowest BCUT2D eigenvalue weighted by molar-refractivity contribution is 0.146. The molecule has 4 nitrogen and oxygen atoms in total. The number of hydrogen-bond donors (Lipinski definition) is 2. The van der Waals surface area contributed by atoms with Crippen LogP contribution in [0.25, 0.3) is 0 Å². The van der Waals surface area contributed by atoms with E-state index in [-0.39, 0.29) is 17.1 Å². The zero-order chi connectivity index (χ0) is 10.7. The average molecular weight is 204 g/mol. The summed E-state index contributed by atoms with van der Waals surface area (Å²) in [5, 5.41) is 8.84. The highest BCUT2D eigenvalue weighted by Gasteiger charge is 2.21. The van der Waals surface area contributed by atoms with Crippen LogP contribution in [0.3, 0.4) is 0 Å². The van der Waals surface area contributed by atoms with Crippen molar-refractivity contribution in [2.24, 2.45) is 0 Å². The van der Waals surface area contributed by atoms with E-state index >= 15 is 0 Å². The molecule has 0 amide bonds. The molecule has 0 aromatic carbocycles. The number of pyridine rings is 1. The van der Waals surface area contributed by atoms with Crippen molar-refractivity contribution in [2.75, 3.05) is 12.8 Å². The van der Waals surface area contributed by atoms with Crippen molar-refractivity contribution in [3.8, 4) is 5.75 Å². The monoisotopic (exact) mass is 204 g/mol. The average Bonchev–Trinajstić information content (AvgIpc) is 2.16. The van der Waals surface area contributed by atoms with Crippen molar-refractivity contribution in [2.45, 2.75) is 13.0 Å². The maximum absolute atomic E-state index is 12.5. The first-order valence-electron chi connectivity index (χ1n) is 3.82. The molecule has 0 atom stereocenters. The molecule has 0 aliphatic heterocycles. The summed E-state index contributed by atoms with van der Waals surface area (Å²) in [5.41, 5.74) is 4.99. The maximum atomic E-state index is 12.5. The molecule has 0 unspecified atom stereocenters. The van der Waals surface area contributed by atoms with Crippen LogP contribution in [0, 0.1) is 0 Å². The topological polar surface area (TPSA) is 68.4 Å². The van der Waals surface area contributed by atoms with Crippen molar-refractivity contribution >= 4 is 5.82 Å². The van der Waals surface area contributed by atoms with Gasteiger partial charge in [0.05, 0.1) is 13.7 Å². The summed E-state index contributed by atoms with van der Waals surface area (Å²) < 4.78 is 29.8. The Morgan fingerprint density at radius 1 is 1.64 bits per heavy atom. The Morgan fingerprint density at radius 2 is 2.29 bits per heavy atom. The zero-order valence-corrected chi connectivity index (χ0v) is 7.50. The van der Waals surface area contributed by atoms with Gasteiger partial charge in [0, 0.05) is 11.8 Å². The van der Waals surface area contributed by atoms with Crippen molar-refractivity contribution < 1.29 is 18.6 Å². The van der Waals surface area contributed by atoms with Gasteiger partial charge in [-0.25, -0.2) is 13.8 Å². The molecule has 0 spiro atoms. The van der Waals surface area contributed by atoms with Crippen LogP contribution >= 0.6 is 0 Å². The van der Waals surface area contributed by atoms with Gasteiger partial charge in [-0.15, -0.1) is 0 Å². The molecule has 1 rings (SSSR count). The Kier molecular flexibility index (Phi) is 3.19. The number of nitrogen functional groups attached to an aromatic ring is 1. The standard InChI is InChI=1S/C8H10F2N2O2/c1-14-6-4(3-13)2-12-8(11)5(6)7(9)10/h2,7,13H,3H2,1H3,(H2,11,12). The first-order valence-corrected chi connectivity index (χ1v) is 3.82. The number of ether oxygens (including phenoxy) is 1. The second-order valence-electron chi connectivity index (χ2n) is 2.57. The molecule has 0 aliphatic carbocycles. The molecule has 1 aromatic heterocycles. The second-order valence-corrected chi connectivity index (χ2v) is 2.57. The number of aromatic nitrogens is 1. The molecule has 3 N–H and O–H groups in total. The van der Waals surface area contributed by atoms with Crippen molar-refractivity contribution in [3.63, 3.8) is 0 Å². The number of aliphatic hydroxyl groups is 1. The van der Waals surface area contributed by atoms with Crippen LogP contribution in [0.1, 0.15) is 17.6 Å². The third-order valence-electron chi connectivity index (χ3n) is 1.76. The van der Waals surface area contributed by atoms with Gasteiger partial charge in [-0.1, -0.05) is 0 Å². The molecule has 0 saturated carbocycles. The lowest BCUT2D eigenvalue weighted by Gasteiger charge is -2.12. The molecular formula is C8H10F2N2O2. The largest absolute Gasteiger partial charge is 0.496 e. The molecule has 0 fully saturated rings. The van der Waals surface area contributed by atoms with Gasteiger partial charge in [0.25, 0.3) is 6.43 Å². The SMILES string of the molecule is COc1c(CO)cnc(N)c1C(F)F. The molecular weight excluding hydrogens is 194 g/mol. The number of anilines is 1. The van der Waals surface area contributed by atoms with Gasteiger partial charge in [-0.05, 0) is 0 Å². The summed E-state index contributed by atoms with van der Waals surface area (Å²) in [6.07, 6.45) is -1.57. The van der Waals surface area contributed by atoms with Gasteiger partial charge >= 0.3 is 0 Å². The van der Waals surface area contributed by atoms with E-state index in [0.717, 1.165) is 0 Å². The van der Waals surface area contributed by atoms with Crippen LogP contribution in [0.4, 0.5) is 14.6 Å². The third kappa shape index (κ3) is 1.74. The smallest absolute Gasteiger partial charge is 0.270 e. The van der Waals surface area contributed by atoms with E-state index in [1.807, 2.05) is 0 Å². The summed E-state index contributed by atoms with van der Waals surface area (Å²) in [6.45, 7) is -0.420. The highest BCUT2D eigenvalue weighted by Crippen LogP contribution is 2.35. The summed E-state index contributed by atoms with van der Waals surface area (Å²) in [5.74, 6) is -0.385. The van der Waals surface area contributed by atoms with E-state index in [0.29, 0.717) is 0 Å². The van der Waals surface area contributed by atoms with E-state index in [9.17, 15) is 8.78 Å². The number of rotatable bonds is 3. The first-order chi connectivity index (χ1) is 6.61. The molecule has 6 heteroatoms. The lowest BCUT2D eigenvalue weighted by Crippen LogP contribution is -2.05. The van der Waals surface area contributed by atoms with Crippen molar-refractivity contribution in [1.29, 1.82) is 0 Å². The number of nitrogens with zero attached hydrogens (tertiary/aromatic N) is 1. The van der Waals surface area contributed by atoms with Gasteiger partial charge in [-0.2, -0.15) is 0 Å². The molecule has 1 aromatic rings.